The maximum Gasteiger partial charge on any atom is 0.410 e. The molecule has 0 saturated carbocycles. The van der Waals surface area contributed by atoms with Gasteiger partial charge in [0.2, 0.25) is 0 Å². The lowest BCUT2D eigenvalue weighted by Crippen LogP contribution is -2.44. The minimum Gasteiger partial charge on any atom is -0.445 e. The van der Waals surface area contributed by atoms with Crippen LogP contribution in [0.25, 0.3) is 0 Å². The van der Waals surface area contributed by atoms with Crippen molar-refractivity contribution in [2.75, 3.05) is 13.2 Å². The first-order valence-electron chi connectivity index (χ1n) is 9.24. The summed E-state index contributed by atoms with van der Waals surface area (Å²) in [5, 5.41) is 4.37. The van der Waals surface area contributed by atoms with Gasteiger partial charge >= 0.3 is 6.09 Å². The van der Waals surface area contributed by atoms with Gasteiger partial charge in [0.1, 0.15) is 6.61 Å². The average molecular weight is 380 g/mol. The molecule has 1 aromatic heterocycles. The van der Waals surface area contributed by atoms with Crippen molar-refractivity contribution in [2.45, 2.75) is 63.9 Å². The molecule has 2 atom stereocenters. The van der Waals surface area contributed by atoms with Gasteiger partial charge in [-0.3, -0.25) is 4.68 Å². The van der Waals surface area contributed by atoms with Gasteiger partial charge in [0.25, 0.3) is 0 Å². The van der Waals surface area contributed by atoms with Crippen LogP contribution in [0.15, 0.2) is 24.9 Å². The molecular weight excluding hydrogens is 346 g/mol. The number of ether oxygens (including phenoxy) is 1. The van der Waals surface area contributed by atoms with E-state index < -0.39 is 8.32 Å². The van der Waals surface area contributed by atoms with E-state index in [0.717, 1.165) is 18.5 Å². The van der Waals surface area contributed by atoms with Crippen LogP contribution in [0.5, 0.6) is 0 Å². The highest BCUT2D eigenvalue weighted by Gasteiger charge is 2.44. The van der Waals surface area contributed by atoms with Crippen molar-refractivity contribution in [2.24, 2.45) is 7.05 Å². The van der Waals surface area contributed by atoms with Gasteiger partial charge in [0.05, 0.1) is 6.10 Å². The van der Waals surface area contributed by atoms with Gasteiger partial charge in [-0.2, -0.15) is 5.10 Å². The second kappa shape index (κ2) is 7.96. The number of hydrogen-bond donors (Lipinski definition) is 0. The zero-order valence-corrected chi connectivity index (χ0v) is 18.0. The summed E-state index contributed by atoms with van der Waals surface area (Å²) in [5.41, 5.74) is 1.10. The number of amides is 1. The van der Waals surface area contributed by atoms with Crippen LogP contribution < -0.4 is 0 Å². The molecule has 1 saturated heterocycles. The summed E-state index contributed by atoms with van der Waals surface area (Å²) >= 11 is 0. The molecule has 1 aliphatic heterocycles. The quantitative estimate of drug-likeness (QED) is 0.558. The predicted octanol–water partition coefficient (Wildman–Crippen LogP) is 3.75. The second-order valence-electron chi connectivity index (χ2n) is 8.56. The van der Waals surface area contributed by atoms with Gasteiger partial charge in [-0.25, -0.2) is 4.79 Å². The van der Waals surface area contributed by atoms with Gasteiger partial charge in [-0.05, 0) is 30.6 Å². The summed E-state index contributed by atoms with van der Waals surface area (Å²) in [4.78, 5) is 14.3. The van der Waals surface area contributed by atoms with E-state index in [-0.39, 0.29) is 29.9 Å². The molecule has 0 aliphatic carbocycles. The zero-order valence-electron chi connectivity index (χ0n) is 17.0. The van der Waals surface area contributed by atoms with Gasteiger partial charge in [-0.15, -0.1) is 0 Å². The van der Waals surface area contributed by atoms with Crippen molar-refractivity contribution in [3.05, 3.63) is 30.6 Å². The molecule has 1 aromatic rings. The molecule has 0 spiro atoms. The monoisotopic (exact) mass is 379 g/mol. The number of carbonyl (C=O) groups excluding carboxylic acids is 1. The SMILES string of the molecule is C=CCOC(=O)N1CC(O[Si](C)(C)C(C)(C)C)CC1Cc1ccnn1C. The van der Waals surface area contributed by atoms with E-state index >= 15 is 0 Å². The lowest BCUT2D eigenvalue weighted by molar-refractivity contribution is 0.103. The van der Waals surface area contributed by atoms with Gasteiger partial charge in [0, 0.05) is 37.9 Å². The molecule has 2 heterocycles. The smallest absolute Gasteiger partial charge is 0.410 e. The van der Waals surface area contributed by atoms with Crippen LogP contribution in [0.2, 0.25) is 18.1 Å². The number of aryl methyl sites for hydroxylation is 1. The van der Waals surface area contributed by atoms with Crippen LogP contribution in [-0.4, -0.2) is 54.4 Å². The summed E-state index contributed by atoms with van der Waals surface area (Å²) in [7, 11) is 0.0332. The van der Waals surface area contributed by atoms with Crippen LogP contribution in [0.3, 0.4) is 0 Å². The number of rotatable bonds is 6. The topological polar surface area (TPSA) is 56.6 Å². The molecule has 0 radical (unpaired) electrons. The fraction of sp³-hybridized carbons (Fsp3) is 0.684. The Hall–Kier alpha value is -1.60. The lowest BCUT2D eigenvalue weighted by atomic mass is 10.1. The van der Waals surface area contributed by atoms with Crippen LogP contribution in [-0.2, 0) is 22.6 Å². The van der Waals surface area contributed by atoms with E-state index in [9.17, 15) is 4.79 Å². The number of carbonyl (C=O) groups is 1. The van der Waals surface area contributed by atoms with E-state index in [1.807, 2.05) is 22.7 Å². The summed E-state index contributed by atoms with van der Waals surface area (Å²) in [6.07, 6.45) is 4.70. The van der Waals surface area contributed by atoms with Crippen molar-refractivity contribution >= 4 is 14.4 Å². The Morgan fingerprint density at radius 3 is 2.69 bits per heavy atom. The first-order chi connectivity index (χ1) is 12.0. The van der Waals surface area contributed by atoms with E-state index in [1.54, 1.807) is 12.3 Å². The van der Waals surface area contributed by atoms with Crippen molar-refractivity contribution in [3.8, 4) is 0 Å². The first-order valence-corrected chi connectivity index (χ1v) is 12.1. The highest BCUT2D eigenvalue weighted by Crippen LogP contribution is 2.39. The molecular formula is C19H33N3O3Si. The third kappa shape index (κ3) is 4.76. The molecule has 2 rings (SSSR count). The van der Waals surface area contributed by atoms with E-state index in [4.69, 9.17) is 9.16 Å². The average Bonchev–Trinajstić information content (AvgIpc) is 3.10. The molecule has 1 aliphatic rings. The Labute approximate surface area is 158 Å². The minimum atomic E-state index is -1.89. The maximum atomic E-state index is 12.5. The standard InChI is InChI=1S/C19H33N3O3Si/c1-8-11-24-18(23)22-14-17(25-26(6,7)19(2,3)4)13-16(22)12-15-9-10-20-21(15)5/h8-10,16-17H,1,11-14H2,2-7H3. The van der Waals surface area contributed by atoms with Crippen LogP contribution in [0.1, 0.15) is 32.9 Å². The van der Waals surface area contributed by atoms with Gasteiger partial charge < -0.3 is 14.1 Å². The Bertz CT molecular complexity index is 636. The molecule has 146 valence electrons. The first kappa shape index (κ1) is 20.7. The van der Waals surface area contributed by atoms with E-state index in [0.29, 0.717) is 6.54 Å². The Morgan fingerprint density at radius 2 is 2.15 bits per heavy atom. The van der Waals surface area contributed by atoms with Crippen molar-refractivity contribution in [3.63, 3.8) is 0 Å². The third-order valence-corrected chi connectivity index (χ3v) is 10.1. The van der Waals surface area contributed by atoms with Crippen molar-refractivity contribution < 1.29 is 14.0 Å². The maximum absolute atomic E-state index is 12.5. The summed E-state index contributed by atoms with van der Waals surface area (Å²) in [5.74, 6) is 0. The van der Waals surface area contributed by atoms with Crippen LogP contribution in [0.4, 0.5) is 4.79 Å². The summed E-state index contributed by atoms with van der Waals surface area (Å²) < 4.78 is 13.7. The summed E-state index contributed by atoms with van der Waals surface area (Å²) in [6, 6.07) is 2.05. The molecule has 7 heteroatoms. The van der Waals surface area contributed by atoms with Crippen molar-refractivity contribution in [1.29, 1.82) is 0 Å². The lowest BCUT2D eigenvalue weighted by Gasteiger charge is -2.38. The molecule has 1 fully saturated rings. The molecule has 0 N–H and O–H groups in total. The fourth-order valence-corrected chi connectivity index (χ4v) is 4.38. The molecule has 2 unspecified atom stereocenters. The highest BCUT2D eigenvalue weighted by atomic mass is 28.4. The Morgan fingerprint density at radius 1 is 1.46 bits per heavy atom. The number of likely N-dealkylation sites (tertiary alicyclic amines) is 1. The van der Waals surface area contributed by atoms with Crippen molar-refractivity contribution in [1.82, 2.24) is 14.7 Å². The molecule has 0 aromatic carbocycles. The largest absolute Gasteiger partial charge is 0.445 e. The highest BCUT2D eigenvalue weighted by molar-refractivity contribution is 6.74. The number of nitrogens with zero attached hydrogens (tertiary/aromatic N) is 3. The van der Waals surface area contributed by atoms with E-state index in [1.165, 1.54) is 0 Å². The number of aromatic nitrogens is 2. The van der Waals surface area contributed by atoms with Crippen LogP contribution >= 0.6 is 0 Å². The Kier molecular flexibility index (Phi) is 6.34. The van der Waals surface area contributed by atoms with Gasteiger partial charge in [0.15, 0.2) is 8.32 Å². The normalized spacial score (nSPS) is 21.1. The molecule has 0 bridgehead atoms. The second-order valence-corrected chi connectivity index (χ2v) is 13.3. The van der Waals surface area contributed by atoms with Crippen LogP contribution in [0, 0.1) is 0 Å². The molecule has 1 amide bonds. The fourth-order valence-electron chi connectivity index (χ4n) is 3.03. The van der Waals surface area contributed by atoms with Gasteiger partial charge in [-0.1, -0.05) is 33.4 Å². The number of hydrogen-bond acceptors (Lipinski definition) is 4. The summed E-state index contributed by atoms with van der Waals surface area (Å²) in [6.45, 7) is 15.6. The molecule has 6 nitrogen and oxygen atoms in total. The zero-order chi connectivity index (χ0) is 19.5. The minimum absolute atomic E-state index is 0.0467. The molecule has 26 heavy (non-hydrogen) atoms. The third-order valence-electron chi connectivity index (χ3n) is 5.57. The Balaban J connectivity index is 2.13. The predicted molar refractivity (Wildman–Crippen MR) is 106 cm³/mol. The van der Waals surface area contributed by atoms with E-state index in [2.05, 4.69) is 45.5 Å².